The lowest BCUT2D eigenvalue weighted by Crippen LogP contribution is -2.52. The molecule has 3 heterocycles. The Hall–Kier alpha value is -1.00. The molecular weight excluding hydrogens is 294 g/mol. The molecule has 0 spiro atoms. The van der Waals surface area contributed by atoms with Crippen LogP contribution in [0.2, 0.25) is 0 Å². The Bertz CT molecular complexity index is 568. The van der Waals surface area contributed by atoms with Crippen LogP contribution in [0.25, 0.3) is 0 Å². The molecule has 2 aliphatic rings. The van der Waals surface area contributed by atoms with Gasteiger partial charge in [-0.3, -0.25) is 10.00 Å². The fourth-order valence-electron chi connectivity index (χ4n) is 2.97. The van der Waals surface area contributed by atoms with Crippen LogP contribution in [0, 0.1) is 0 Å². The zero-order chi connectivity index (χ0) is 15.0. The van der Waals surface area contributed by atoms with E-state index in [4.69, 9.17) is 0 Å². The van der Waals surface area contributed by atoms with Crippen molar-refractivity contribution in [3.8, 4) is 0 Å². The van der Waals surface area contributed by atoms with Gasteiger partial charge in [-0.2, -0.15) is 9.40 Å². The van der Waals surface area contributed by atoms with Crippen molar-refractivity contribution in [1.82, 2.24) is 24.3 Å². The maximum absolute atomic E-state index is 12.4. The van der Waals surface area contributed by atoms with Crippen molar-refractivity contribution in [1.29, 1.82) is 0 Å². The van der Waals surface area contributed by atoms with Gasteiger partial charge in [0, 0.05) is 45.5 Å². The molecule has 3 rings (SSSR count). The molecule has 2 atom stereocenters. The smallest absolute Gasteiger partial charge is 0.246 e. The Morgan fingerprint density at radius 3 is 2.62 bits per heavy atom. The largest absolute Gasteiger partial charge is 0.390 e. The topological polar surface area (TPSA) is 92.8 Å². The van der Waals surface area contributed by atoms with Gasteiger partial charge in [0.25, 0.3) is 0 Å². The van der Waals surface area contributed by atoms with E-state index in [-0.39, 0.29) is 17.5 Å². The summed E-state index contributed by atoms with van der Waals surface area (Å²) in [6.07, 6.45) is 2.02. The summed E-state index contributed by atoms with van der Waals surface area (Å²) in [4.78, 5) is 4.57. The van der Waals surface area contributed by atoms with Gasteiger partial charge in [0.1, 0.15) is 4.90 Å². The van der Waals surface area contributed by atoms with E-state index in [1.165, 1.54) is 16.7 Å². The molecule has 118 valence electrons. The number of piperazine rings is 1. The van der Waals surface area contributed by atoms with Gasteiger partial charge in [0.05, 0.1) is 18.3 Å². The monoisotopic (exact) mass is 315 g/mol. The zero-order valence-corrected chi connectivity index (χ0v) is 12.8. The quantitative estimate of drug-likeness (QED) is 0.697. The van der Waals surface area contributed by atoms with Crippen molar-refractivity contribution < 1.29 is 13.5 Å². The van der Waals surface area contributed by atoms with E-state index < -0.39 is 16.1 Å². The molecule has 2 fully saturated rings. The number of aliphatic hydroxyl groups excluding tert-OH is 1. The summed E-state index contributed by atoms with van der Waals surface area (Å²) >= 11 is 0. The highest BCUT2D eigenvalue weighted by Crippen LogP contribution is 2.24. The number of H-pyrrole nitrogens is 1. The third-order valence-corrected chi connectivity index (χ3v) is 6.14. The van der Waals surface area contributed by atoms with Gasteiger partial charge in [-0.25, -0.2) is 8.42 Å². The van der Waals surface area contributed by atoms with Gasteiger partial charge in [-0.15, -0.1) is 0 Å². The summed E-state index contributed by atoms with van der Waals surface area (Å²) in [5, 5.41) is 16.5. The van der Waals surface area contributed by atoms with Gasteiger partial charge in [-0.1, -0.05) is 0 Å². The lowest BCUT2D eigenvalue weighted by Gasteiger charge is -2.37. The number of nitrogens with zero attached hydrogens (tertiary/aromatic N) is 4. The van der Waals surface area contributed by atoms with E-state index in [1.54, 1.807) is 0 Å². The van der Waals surface area contributed by atoms with E-state index in [1.807, 2.05) is 0 Å². The number of β-amino-alcohol motifs (C(OH)–C–C–N with tert-alkyl or cyclic N) is 1. The van der Waals surface area contributed by atoms with Crippen molar-refractivity contribution in [3.63, 3.8) is 0 Å². The summed E-state index contributed by atoms with van der Waals surface area (Å²) in [5.74, 6) is 0. The highest BCUT2D eigenvalue weighted by atomic mass is 32.2. The Morgan fingerprint density at radius 2 is 2.00 bits per heavy atom. The fraction of sp³-hybridized carbons (Fsp3) is 0.750. The fourth-order valence-corrected chi connectivity index (χ4v) is 4.36. The SMILES string of the molecule is CN1CCN([C@@H]2CN(S(=O)(=O)c3cn[nH]c3)C[C@H]2O)CC1. The van der Waals surface area contributed by atoms with Gasteiger partial charge >= 0.3 is 0 Å². The molecule has 0 aromatic carbocycles. The minimum atomic E-state index is -3.57. The molecule has 0 amide bonds. The van der Waals surface area contributed by atoms with Crippen LogP contribution in [0.1, 0.15) is 0 Å². The molecule has 1 aromatic rings. The average Bonchev–Trinajstić information content (AvgIpc) is 3.09. The number of aromatic amines is 1. The molecule has 8 nitrogen and oxygen atoms in total. The predicted octanol–water partition coefficient (Wildman–Crippen LogP) is -1.61. The van der Waals surface area contributed by atoms with Crippen LogP contribution in [0.3, 0.4) is 0 Å². The highest BCUT2D eigenvalue weighted by molar-refractivity contribution is 7.89. The predicted molar refractivity (Wildman–Crippen MR) is 76.2 cm³/mol. The van der Waals surface area contributed by atoms with E-state index in [9.17, 15) is 13.5 Å². The molecule has 2 saturated heterocycles. The second-order valence-corrected chi connectivity index (χ2v) is 7.67. The summed E-state index contributed by atoms with van der Waals surface area (Å²) in [6.45, 7) is 4.08. The number of likely N-dealkylation sites (N-methyl/N-ethyl adjacent to an activating group) is 1. The number of hydrogen-bond acceptors (Lipinski definition) is 6. The molecule has 9 heteroatoms. The lowest BCUT2D eigenvalue weighted by atomic mass is 10.1. The van der Waals surface area contributed by atoms with E-state index in [0.29, 0.717) is 6.54 Å². The highest BCUT2D eigenvalue weighted by Gasteiger charge is 2.41. The summed E-state index contributed by atoms with van der Waals surface area (Å²) in [7, 11) is -1.50. The van der Waals surface area contributed by atoms with Crippen molar-refractivity contribution in [2.45, 2.75) is 17.0 Å². The molecule has 0 radical (unpaired) electrons. The number of nitrogens with one attached hydrogen (secondary N) is 1. The maximum Gasteiger partial charge on any atom is 0.246 e. The number of hydrogen-bond donors (Lipinski definition) is 2. The van der Waals surface area contributed by atoms with Gasteiger partial charge in [0.15, 0.2) is 0 Å². The minimum absolute atomic E-state index is 0.125. The van der Waals surface area contributed by atoms with E-state index in [2.05, 4.69) is 27.0 Å². The number of aromatic nitrogens is 2. The van der Waals surface area contributed by atoms with Crippen LogP contribution in [0.5, 0.6) is 0 Å². The van der Waals surface area contributed by atoms with E-state index in [0.717, 1.165) is 26.2 Å². The second kappa shape index (κ2) is 5.65. The third-order valence-electron chi connectivity index (χ3n) is 4.34. The molecule has 21 heavy (non-hydrogen) atoms. The first-order valence-corrected chi connectivity index (χ1v) is 8.52. The summed E-state index contributed by atoms with van der Waals surface area (Å²) in [6, 6.07) is -0.125. The van der Waals surface area contributed by atoms with Crippen LogP contribution in [0.4, 0.5) is 0 Å². The van der Waals surface area contributed by atoms with E-state index >= 15 is 0 Å². The van der Waals surface area contributed by atoms with Crippen LogP contribution >= 0.6 is 0 Å². The second-order valence-electron chi connectivity index (χ2n) is 5.73. The van der Waals surface area contributed by atoms with Crippen molar-refractivity contribution in [2.75, 3.05) is 46.3 Å². The molecule has 2 aliphatic heterocycles. The first kappa shape index (κ1) is 14.9. The van der Waals surface area contributed by atoms with Gasteiger partial charge in [0.2, 0.25) is 10.0 Å². The number of sulfonamides is 1. The number of rotatable bonds is 3. The molecular formula is C12H21N5O3S. The standard InChI is InChI=1S/C12H21N5O3S/c1-15-2-4-16(5-3-15)11-8-17(9-12(11)18)21(19,20)10-6-13-14-7-10/h6-7,11-12,18H,2-5,8-9H2,1H3,(H,13,14)/t11-,12-/m1/s1. The Kier molecular flexibility index (Phi) is 4.02. The summed E-state index contributed by atoms with van der Waals surface area (Å²) < 4.78 is 26.3. The van der Waals surface area contributed by atoms with Gasteiger partial charge < -0.3 is 10.0 Å². The Labute approximate surface area is 124 Å². The molecule has 0 saturated carbocycles. The lowest BCUT2D eigenvalue weighted by molar-refractivity contribution is 0.0512. The van der Waals surface area contributed by atoms with Crippen molar-refractivity contribution >= 4 is 10.0 Å². The molecule has 0 unspecified atom stereocenters. The zero-order valence-electron chi connectivity index (χ0n) is 12.0. The van der Waals surface area contributed by atoms with Crippen LogP contribution in [0.15, 0.2) is 17.3 Å². The van der Waals surface area contributed by atoms with Crippen LogP contribution < -0.4 is 0 Å². The maximum atomic E-state index is 12.4. The van der Waals surface area contributed by atoms with Crippen LogP contribution in [-0.4, -0.2) is 96.3 Å². The molecule has 0 aliphatic carbocycles. The normalized spacial score (nSPS) is 30.0. The minimum Gasteiger partial charge on any atom is -0.390 e. The molecule has 1 aromatic heterocycles. The third kappa shape index (κ3) is 2.84. The first-order valence-electron chi connectivity index (χ1n) is 7.08. The van der Waals surface area contributed by atoms with Crippen LogP contribution in [-0.2, 0) is 10.0 Å². The van der Waals surface area contributed by atoms with Crippen molar-refractivity contribution in [3.05, 3.63) is 12.4 Å². The molecule has 0 bridgehead atoms. The molecule has 2 N–H and O–H groups in total. The summed E-state index contributed by atoms with van der Waals surface area (Å²) in [5.41, 5.74) is 0. The Morgan fingerprint density at radius 1 is 1.29 bits per heavy atom. The first-order chi connectivity index (χ1) is 9.98. The van der Waals surface area contributed by atoms with Gasteiger partial charge in [-0.05, 0) is 7.05 Å². The van der Waals surface area contributed by atoms with Crippen molar-refractivity contribution in [2.24, 2.45) is 0 Å². The average molecular weight is 315 g/mol. The number of aliphatic hydroxyl groups is 1. The Balaban J connectivity index is 1.71.